The first-order valence-corrected chi connectivity index (χ1v) is 9.34. The summed E-state index contributed by atoms with van der Waals surface area (Å²) >= 11 is 0. The summed E-state index contributed by atoms with van der Waals surface area (Å²) in [6.07, 6.45) is 4.71. The molecule has 1 aromatic carbocycles. The third-order valence-electron chi connectivity index (χ3n) is 3.98. The Morgan fingerprint density at radius 3 is 2.48 bits per heavy atom. The smallest absolute Gasteiger partial charge is 0.240 e. The highest BCUT2D eigenvalue weighted by atomic mass is 32.2. The van der Waals surface area contributed by atoms with Gasteiger partial charge in [-0.1, -0.05) is 31.9 Å². The third-order valence-corrected chi connectivity index (χ3v) is 5.46. The summed E-state index contributed by atoms with van der Waals surface area (Å²) in [6.45, 7) is 5.56. The zero-order chi connectivity index (χ0) is 15.3. The van der Waals surface area contributed by atoms with Crippen molar-refractivity contribution in [3.63, 3.8) is 0 Å². The second kappa shape index (κ2) is 7.38. The molecular formula is C16H26N2O2S. The van der Waals surface area contributed by atoms with Crippen LogP contribution in [0.4, 0.5) is 0 Å². The minimum atomic E-state index is -3.36. The van der Waals surface area contributed by atoms with Crippen LogP contribution in [0.2, 0.25) is 0 Å². The molecule has 1 fully saturated rings. The van der Waals surface area contributed by atoms with Gasteiger partial charge >= 0.3 is 0 Å². The van der Waals surface area contributed by atoms with E-state index in [1.54, 1.807) is 12.1 Å². The maximum absolute atomic E-state index is 12.2. The lowest BCUT2D eigenvalue weighted by molar-refractivity contribution is 0.572. The van der Waals surface area contributed by atoms with Crippen LogP contribution >= 0.6 is 0 Å². The molecule has 0 heterocycles. The van der Waals surface area contributed by atoms with E-state index in [1.807, 2.05) is 12.1 Å². The monoisotopic (exact) mass is 310 g/mol. The predicted octanol–water partition coefficient (Wildman–Crippen LogP) is 2.83. The van der Waals surface area contributed by atoms with Crippen molar-refractivity contribution in [1.82, 2.24) is 10.0 Å². The van der Waals surface area contributed by atoms with Crippen LogP contribution in [0.25, 0.3) is 0 Å². The van der Waals surface area contributed by atoms with Crippen LogP contribution in [0.1, 0.15) is 51.1 Å². The molecule has 21 heavy (non-hydrogen) atoms. The summed E-state index contributed by atoms with van der Waals surface area (Å²) in [6, 6.07) is 7.37. The summed E-state index contributed by atoms with van der Waals surface area (Å²) in [5.74, 6) is 0.848. The molecule has 1 unspecified atom stereocenters. The number of rotatable bonds is 9. The Balaban J connectivity index is 1.89. The van der Waals surface area contributed by atoms with Gasteiger partial charge in [0.15, 0.2) is 0 Å². The first-order valence-electron chi connectivity index (χ1n) is 7.86. The van der Waals surface area contributed by atoms with Crippen LogP contribution in [-0.2, 0) is 10.0 Å². The largest absolute Gasteiger partial charge is 0.310 e. The molecular weight excluding hydrogens is 284 g/mol. The second-order valence-electron chi connectivity index (χ2n) is 5.83. The topological polar surface area (TPSA) is 58.2 Å². The average molecular weight is 310 g/mol. The van der Waals surface area contributed by atoms with Crippen molar-refractivity contribution in [3.05, 3.63) is 29.8 Å². The maximum atomic E-state index is 12.2. The molecule has 118 valence electrons. The van der Waals surface area contributed by atoms with E-state index in [0.717, 1.165) is 30.9 Å². The van der Waals surface area contributed by atoms with E-state index in [-0.39, 0.29) is 6.04 Å². The Morgan fingerprint density at radius 2 is 1.90 bits per heavy atom. The van der Waals surface area contributed by atoms with Gasteiger partial charge in [-0.15, -0.1) is 0 Å². The van der Waals surface area contributed by atoms with Crippen LogP contribution in [0.5, 0.6) is 0 Å². The van der Waals surface area contributed by atoms with Gasteiger partial charge in [-0.2, -0.15) is 0 Å². The number of nitrogens with one attached hydrogen (secondary N) is 2. The molecule has 0 aliphatic heterocycles. The molecule has 0 saturated heterocycles. The van der Waals surface area contributed by atoms with Crippen molar-refractivity contribution in [2.45, 2.75) is 50.5 Å². The normalized spacial score (nSPS) is 16.9. The Bertz CT molecular complexity index is 536. The van der Waals surface area contributed by atoms with Gasteiger partial charge in [0.05, 0.1) is 4.90 Å². The molecule has 1 aliphatic rings. The number of benzene rings is 1. The third kappa shape index (κ3) is 5.09. The number of sulfonamides is 1. The van der Waals surface area contributed by atoms with Crippen molar-refractivity contribution in [2.24, 2.45) is 5.92 Å². The number of hydrogen-bond acceptors (Lipinski definition) is 3. The highest BCUT2D eigenvalue weighted by Gasteiger charge is 2.21. The lowest BCUT2D eigenvalue weighted by atomic mass is 10.1. The van der Waals surface area contributed by atoms with Gasteiger partial charge in [-0.25, -0.2) is 13.1 Å². The minimum Gasteiger partial charge on any atom is -0.310 e. The molecule has 1 aromatic rings. The van der Waals surface area contributed by atoms with E-state index in [2.05, 4.69) is 23.9 Å². The molecule has 1 atom stereocenters. The van der Waals surface area contributed by atoms with E-state index >= 15 is 0 Å². The van der Waals surface area contributed by atoms with Gasteiger partial charge in [0.1, 0.15) is 0 Å². The Kier molecular flexibility index (Phi) is 5.79. The number of hydrogen-bond donors (Lipinski definition) is 2. The minimum absolute atomic E-state index is 0.234. The molecule has 1 saturated carbocycles. The molecule has 0 bridgehead atoms. The standard InChI is InChI=1S/C16H26N2O2S/c1-3-17-13(2)15-8-10-16(11-9-15)21(19,20)18-12-4-5-14-6-7-14/h8-11,13-14,17-18H,3-7,12H2,1-2H3. The van der Waals surface area contributed by atoms with E-state index < -0.39 is 10.0 Å². The van der Waals surface area contributed by atoms with Crippen molar-refractivity contribution < 1.29 is 8.42 Å². The second-order valence-corrected chi connectivity index (χ2v) is 7.60. The molecule has 0 aromatic heterocycles. The SMILES string of the molecule is CCNC(C)c1ccc(S(=O)(=O)NCCCC2CC2)cc1. The van der Waals surface area contributed by atoms with Gasteiger partial charge in [0, 0.05) is 12.6 Å². The summed E-state index contributed by atoms with van der Waals surface area (Å²) in [4.78, 5) is 0.348. The predicted molar refractivity (Wildman–Crippen MR) is 85.7 cm³/mol. The zero-order valence-electron chi connectivity index (χ0n) is 12.9. The zero-order valence-corrected chi connectivity index (χ0v) is 13.7. The fraction of sp³-hybridized carbons (Fsp3) is 0.625. The molecule has 2 rings (SSSR count). The van der Waals surface area contributed by atoms with Gasteiger partial charge in [0.25, 0.3) is 0 Å². The van der Waals surface area contributed by atoms with Gasteiger partial charge in [-0.3, -0.25) is 0 Å². The summed E-state index contributed by atoms with van der Waals surface area (Å²) in [5.41, 5.74) is 1.10. The summed E-state index contributed by atoms with van der Waals surface area (Å²) < 4.78 is 27.0. The van der Waals surface area contributed by atoms with E-state index in [9.17, 15) is 8.42 Å². The van der Waals surface area contributed by atoms with Crippen molar-refractivity contribution in [1.29, 1.82) is 0 Å². The molecule has 0 radical (unpaired) electrons. The van der Waals surface area contributed by atoms with E-state index in [4.69, 9.17) is 0 Å². The highest BCUT2D eigenvalue weighted by Crippen LogP contribution is 2.33. The molecule has 2 N–H and O–H groups in total. The molecule has 0 spiro atoms. The Labute approximate surface area is 128 Å². The molecule has 5 heteroatoms. The van der Waals surface area contributed by atoms with Crippen molar-refractivity contribution in [2.75, 3.05) is 13.1 Å². The van der Waals surface area contributed by atoms with Gasteiger partial charge in [0.2, 0.25) is 10.0 Å². The quantitative estimate of drug-likeness (QED) is 0.690. The first kappa shape index (κ1) is 16.5. The summed E-state index contributed by atoms with van der Waals surface area (Å²) in [5, 5.41) is 3.31. The molecule has 0 amide bonds. The van der Waals surface area contributed by atoms with Gasteiger partial charge in [-0.05, 0) is 49.9 Å². The Morgan fingerprint density at radius 1 is 1.24 bits per heavy atom. The average Bonchev–Trinajstić information content (AvgIpc) is 3.28. The lowest BCUT2D eigenvalue weighted by Crippen LogP contribution is -2.25. The molecule has 1 aliphatic carbocycles. The lowest BCUT2D eigenvalue weighted by Gasteiger charge is -2.13. The fourth-order valence-corrected chi connectivity index (χ4v) is 3.52. The summed E-state index contributed by atoms with van der Waals surface area (Å²) in [7, 11) is -3.36. The van der Waals surface area contributed by atoms with Crippen LogP contribution < -0.4 is 10.0 Å². The van der Waals surface area contributed by atoms with Gasteiger partial charge < -0.3 is 5.32 Å². The van der Waals surface area contributed by atoms with Crippen LogP contribution in [0.3, 0.4) is 0 Å². The van der Waals surface area contributed by atoms with E-state index in [0.29, 0.717) is 11.4 Å². The maximum Gasteiger partial charge on any atom is 0.240 e. The highest BCUT2D eigenvalue weighted by molar-refractivity contribution is 7.89. The van der Waals surface area contributed by atoms with Crippen LogP contribution in [0, 0.1) is 5.92 Å². The van der Waals surface area contributed by atoms with Crippen molar-refractivity contribution in [3.8, 4) is 0 Å². The fourth-order valence-electron chi connectivity index (χ4n) is 2.45. The van der Waals surface area contributed by atoms with Crippen LogP contribution in [0.15, 0.2) is 29.2 Å². The van der Waals surface area contributed by atoms with Crippen molar-refractivity contribution >= 4 is 10.0 Å². The first-order chi connectivity index (χ1) is 10.0. The Hall–Kier alpha value is -0.910. The van der Waals surface area contributed by atoms with Crippen LogP contribution in [-0.4, -0.2) is 21.5 Å². The van der Waals surface area contributed by atoms with E-state index in [1.165, 1.54) is 12.8 Å². The molecule has 4 nitrogen and oxygen atoms in total.